The molecule has 10 nitrogen and oxygen atoms in total. The Morgan fingerprint density at radius 2 is 0.837 bits per heavy atom. The Balaban J connectivity index is 0.000000139. The van der Waals surface area contributed by atoms with E-state index in [9.17, 15) is 10.0 Å². The monoisotopic (exact) mass is 1190 g/mol. The van der Waals surface area contributed by atoms with Crippen LogP contribution in [0.5, 0.6) is 0 Å². The van der Waals surface area contributed by atoms with Crippen LogP contribution in [0.3, 0.4) is 0 Å². The fourth-order valence-electron chi connectivity index (χ4n) is 12.1. The van der Waals surface area contributed by atoms with Gasteiger partial charge in [0.2, 0.25) is 0 Å². The maximum atomic E-state index is 9.24. The van der Waals surface area contributed by atoms with Crippen LogP contribution < -0.4 is 5.46 Å². The summed E-state index contributed by atoms with van der Waals surface area (Å²) in [5.74, 6) is 2.18. The van der Waals surface area contributed by atoms with Gasteiger partial charge < -0.3 is 18.9 Å². The minimum atomic E-state index is -1.51. The molecule has 0 atom stereocenters. The Labute approximate surface area is 510 Å². The highest BCUT2D eigenvalue weighted by molar-refractivity contribution is 9.10. The minimum absolute atomic E-state index is 0.287. The lowest BCUT2D eigenvalue weighted by Gasteiger charge is -2.24. The van der Waals surface area contributed by atoms with Crippen molar-refractivity contribution in [2.24, 2.45) is 0 Å². The number of para-hydroxylation sites is 4. The third-order valence-electron chi connectivity index (χ3n) is 16.3. The molecule has 0 aliphatic heterocycles. The third-order valence-corrected chi connectivity index (χ3v) is 16.8. The summed E-state index contributed by atoms with van der Waals surface area (Å²) in [6, 6.07) is 62.3. The highest BCUT2D eigenvalue weighted by Crippen LogP contribution is 2.44. The zero-order valence-electron chi connectivity index (χ0n) is 50.1. The molecule has 0 radical (unpaired) electrons. The Morgan fingerprint density at radius 3 is 1.33 bits per heavy atom. The second kappa shape index (κ2) is 23.8. The maximum Gasteiger partial charge on any atom is 0.492 e. The number of furan rings is 2. The molecule has 2 N–H and O–H groups in total. The van der Waals surface area contributed by atoms with Crippen molar-refractivity contribution in [2.45, 2.75) is 92.9 Å². The molecule has 14 rings (SSSR count). The molecule has 428 valence electrons. The van der Waals surface area contributed by atoms with Gasteiger partial charge in [-0.25, -0.2) is 9.97 Å². The molecule has 0 unspecified atom stereocenters. The summed E-state index contributed by atoms with van der Waals surface area (Å²) in [6.07, 6.45) is 3.68. The van der Waals surface area contributed by atoms with Gasteiger partial charge in [-0.2, -0.15) is 0 Å². The van der Waals surface area contributed by atoms with Gasteiger partial charge in [0.05, 0.1) is 50.4 Å². The summed E-state index contributed by atoms with van der Waals surface area (Å²) in [4.78, 5) is 19.3. The molecule has 6 heterocycles. The van der Waals surface area contributed by atoms with Crippen molar-refractivity contribution in [1.29, 1.82) is 0 Å². The minimum Gasteiger partial charge on any atom is -0.456 e. The van der Waals surface area contributed by atoms with Gasteiger partial charge in [-0.15, -0.1) is 0 Å². The molecule has 6 aromatic heterocycles. The smallest absolute Gasteiger partial charge is 0.456 e. The van der Waals surface area contributed by atoms with Crippen LogP contribution >= 0.6 is 15.9 Å². The van der Waals surface area contributed by atoms with Crippen molar-refractivity contribution in [3.8, 4) is 45.0 Å². The molecule has 0 aliphatic carbocycles. The van der Waals surface area contributed by atoms with Crippen molar-refractivity contribution in [3.63, 3.8) is 0 Å². The van der Waals surface area contributed by atoms with Gasteiger partial charge in [-0.3, -0.25) is 19.1 Å². The lowest BCUT2D eigenvalue weighted by molar-refractivity contribution is 0.425. The summed E-state index contributed by atoms with van der Waals surface area (Å²) in [5.41, 5.74) is 22.9. The van der Waals surface area contributed by atoms with E-state index in [-0.39, 0.29) is 11.8 Å². The first-order chi connectivity index (χ1) is 41.6. The molecule has 0 aliphatic rings. The fourth-order valence-corrected chi connectivity index (χ4v) is 12.6. The number of halogens is 1. The average Bonchev–Trinajstić information content (AvgIpc) is 1.99. The normalized spacial score (nSPS) is 11.7. The molecule has 12 heteroatoms. The Hall–Kier alpha value is -8.94. The number of hydrogen-bond donors (Lipinski definition) is 2. The highest BCUT2D eigenvalue weighted by atomic mass is 79.9. The highest BCUT2D eigenvalue weighted by Gasteiger charge is 2.28. The summed E-state index contributed by atoms with van der Waals surface area (Å²) in [5, 5.41) is 22.6. The molecule has 8 aromatic carbocycles. The predicted octanol–water partition coefficient (Wildman–Crippen LogP) is 18.9. The van der Waals surface area contributed by atoms with Crippen LogP contribution in [0, 0.1) is 13.8 Å². The van der Waals surface area contributed by atoms with E-state index >= 15 is 0 Å². The van der Waals surface area contributed by atoms with E-state index < -0.39 is 7.12 Å². The number of pyridine rings is 2. The number of hydrogen-bond acceptors (Lipinski definition) is 8. The number of imidazole rings is 2. The number of fused-ring (bicyclic) bond motifs is 8. The van der Waals surface area contributed by atoms with E-state index in [0.717, 1.165) is 87.9 Å². The van der Waals surface area contributed by atoms with Gasteiger partial charge in [0.25, 0.3) is 0 Å². The fraction of sp³-hybridized carbons (Fsp3) is 0.189. The zero-order chi connectivity index (χ0) is 60.1. The summed E-state index contributed by atoms with van der Waals surface area (Å²) < 4.78 is 17.6. The van der Waals surface area contributed by atoms with Gasteiger partial charge in [0.15, 0.2) is 4.73 Å². The molecular formula is C74H68BBrN6O4. The molecule has 0 saturated carbocycles. The van der Waals surface area contributed by atoms with E-state index in [0.29, 0.717) is 22.9 Å². The molecule has 14 aromatic rings. The van der Waals surface area contributed by atoms with Crippen LogP contribution in [-0.2, 0) is 0 Å². The van der Waals surface area contributed by atoms with Crippen LogP contribution in [0.15, 0.2) is 208 Å². The van der Waals surface area contributed by atoms with Crippen molar-refractivity contribution in [2.75, 3.05) is 0 Å². The number of benzene rings is 8. The van der Waals surface area contributed by atoms with Gasteiger partial charge >= 0.3 is 7.12 Å². The Bertz CT molecular complexity index is 4750. The first kappa shape index (κ1) is 57.5. The molecule has 0 bridgehead atoms. The lowest BCUT2D eigenvalue weighted by atomic mass is 9.79. The van der Waals surface area contributed by atoms with E-state index in [4.69, 9.17) is 23.8 Å². The maximum absolute atomic E-state index is 9.24. The van der Waals surface area contributed by atoms with Gasteiger partial charge in [0, 0.05) is 39.4 Å². The summed E-state index contributed by atoms with van der Waals surface area (Å²) in [6.45, 7) is 22.3. The first-order valence-corrected chi connectivity index (χ1v) is 30.3. The van der Waals surface area contributed by atoms with Crippen molar-refractivity contribution < 1.29 is 18.9 Å². The van der Waals surface area contributed by atoms with Gasteiger partial charge in [0.1, 0.15) is 28.2 Å². The van der Waals surface area contributed by atoms with Crippen molar-refractivity contribution >= 4 is 94.5 Å². The number of aryl methyl sites for hydroxylation is 2. The van der Waals surface area contributed by atoms with Crippen LogP contribution in [-0.4, -0.2) is 46.2 Å². The molecule has 0 amide bonds. The van der Waals surface area contributed by atoms with E-state index in [2.05, 4.69) is 215 Å². The molecule has 86 heavy (non-hydrogen) atoms. The van der Waals surface area contributed by atoms with Crippen LogP contribution in [0.4, 0.5) is 0 Å². The average molecular weight is 1200 g/mol. The summed E-state index contributed by atoms with van der Waals surface area (Å²) >= 11 is 3.73. The van der Waals surface area contributed by atoms with Crippen LogP contribution in [0.2, 0.25) is 0 Å². The van der Waals surface area contributed by atoms with E-state index in [1.165, 1.54) is 55.9 Å². The Kier molecular flexibility index (Phi) is 15.9. The third kappa shape index (κ3) is 10.6. The van der Waals surface area contributed by atoms with E-state index in [1.807, 2.05) is 67.0 Å². The largest absolute Gasteiger partial charge is 0.492 e. The second-order valence-corrected chi connectivity index (χ2v) is 24.1. The Morgan fingerprint density at radius 1 is 0.430 bits per heavy atom. The van der Waals surface area contributed by atoms with Crippen molar-refractivity contribution in [1.82, 2.24) is 29.1 Å². The first-order valence-electron chi connectivity index (χ1n) is 29.6. The zero-order valence-corrected chi connectivity index (χ0v) is 51.7. The number of aromatic nitrogens is 6. The van der Waals surface area contributed by atoms with Crippen molar-refractivity contribution in [3.05, 3.63) is 233 Å². The van der Waals surface area contributed by atoms with Gasteiger partial charge in [-0.1, -0.05) is 183 Å². The standard InChI is InChI=1S/C37H33N3O.C25H26BrN3.C12H9BO3/c1-22(2)30-20-26(25-12-7-6-8-13-25)21-31(23(3)4)35(30)40-34-24(5)38-19-18-32(34)39-37(40)29-16-11-15-28-27-14-9-10-17-33(27)41-36(28)29;1-15(2)20-13-19(18-9-7-6-8-10-18)14-21(16(3)4)24(20)29-23-17(5)27-12-11-22(23)28-25(29)26;14-13(15)10-6-3-5-9-8-4-1-2-7-11(8)16-12(9)10/h6-23H,1-5H3;6-16H,1-5H3;1-7,14-15H. The van der Waals surface area contributed by atoms with Crippen LogP contribution in [0.1, 0.15) is 113 Å². The molecule has 0 spiro atoms. The molecule has 0 saturated heterocycles. The van der Waals surface area contributed by atoms with Crippen LogP contribution in [0.25, 0.3) is 111 Å². The number of rotatable bonds is 10. The molecular weight excluding hydrogens is 1130 g/mol. The topological polar surface area (TPSA) is 128 Å². The second-order valence-electron chi connectivity index (χ2n) is 23.3. The molecule has 0 fully saturated rings. The number of nitrogens with zero attached hydrogens (tertiary/aromatic N) is 6. The predicted molar refractivity (Wildman–Crippen MR) is 358 cm³/mol. The summed E-state index contributed by atoms with van der Waals surface area (Å²) in [7, 11) is -1.51. The SMILES string of the molecule is Cc1nccc2nc(-c3cccc4c3oc3ccccc34)n(-c3c(C(C)C)cc(-c4ccccc4)cc3C(C)C)c12.Cc1nccc2nc(Br)n(-c3c(C(C)C)cc(-c4ccccc4)cc3C(C)C)c12.OB(O)c1cccc2c1oc1ccccc12. The quantitative estimate of drug-likeness (QED) is 0.130. The van der Waals surface area contributed by atoms with E-state index in [1.54, 1.807) is 12.1 Å². The lowest BCUT2D eigenvalue weighted by Crippen LogP contribution is -2.29. The van der Waals surface area contributed by atoms with Gasteiger partial charge in [-0.05, 0) is 153 Å².